The molecule has 0 bridgehead atoms. The fourth-order valence-corrected chi connectivity index (χ4v) is 1.86. The Morgan fingerprint density at radius 3 is 2.28 bits per heavy atom. The molecule has 0 radical (unpaired) electrons. The first-order valence-corrected chi connectivity index (χ1v) is 6.03. The number of aromatic nitrogens is 3. The highest BCUT2D eigenvalue weighted by Gasteiger charge is 2.16. The summed E-state index contributed by atoms with van der Waals surface area (Å²) in [6.45, 7) is 4.00. The van der Waals surface area contributed by atoms with Crippen LogP contribution < -0.4 is 10.6 Å². The van der Waals surface area contributed by atoms with Crippen LogP contribution in [0, 0.1) is 6.92 Å². The SMILES string of the molecule is Cc1ncc(-c2cnc(N3CCC3)nc2)cc1N. The zero-order chi connectivity index (χ0) is 12.5. The van der Waals surface area contributed by atoms with Crippen molar-refractivity contribution in [1.29, 1.82) is 0 Å². The van der Waals surface area contributed by atoms with Gasteiger partial charge in [0.2, 0.25) is 5.95 Å². The van der Waals surface area contributed by atoms with Gasteiger partial charge in [0.05, 0.1) is 11.4 Å². The maximum absolute atomic E-state index is 5.86. The summed E-state index contributed by atoms with van der Waals surface area (Å²) in [5, 5.41) is 0. The van der Waals surface area contributed by atoms with E-state index >= 15 is 0 Å². The summed E-state index contributed by atoms with van der Waals surface area (Å²) in [6, 6.07) is 1.91. The maximum atomic E-state index is 5.86. The third-order valence-corrected chi connectivity index (χ3v) is 3.24. The topological polar surface area (TPSA) is 67.9 Å². The Labute approximate surface area is 106 Å². The predicted molar refractivity (Wildman–Crippen MR) is 71.2 cm³/mol. The van der Waals surface area contributed by atoms with Gasteiger partial charge >= 0.3 is 0 Å². The molecule has 0 atom stereocenters. The van der Waals surface area contributed by atoms with Gasteiger partial charge in [0.25, 0.3) is 0 Å². The second-order valence-electron chi connectivity index (χ2n) is 4.51. The average Bonchev–Trinajstić information content (AvgIpc) is 2.32. The highest BCUT2D eigenvalue weighted by molar-refractivity contribution is 5.66. The first kappa shape index (κ1) is 11.0. The summed E-state index contributed by atoms with van der Waals surface area (Å²) in [4.78, 5) is 15.2. The van der Waals surface area contributed by atoms with Gasteiger partial charge in [-0.3, -0.25) is 4.98 Å². The number of nitrogens with two attached hydrogens (primary N) is 1. The molecule has 5 heteroatoms. The molecule has 0 unspecified atom stereocenters. The minimum atomic E-state index is 0.694. The number of hydrogen-bond donors (Lipinski definition) is 1. The fourth-order valence-electron chi connectivity index (χ4n) is 1.86. The van der Waals surface area contributed by atoms with Crippen LogP contribution >= 0.6 is 0 Å². The molecule has 2 N–H and O–H groups in total. The monoisotopic (exact) mass is 241 g/mol. The van der Waals surface area contributed by atoms with E-state index in [1.807, 2.05) is 25.4 Å². The van der Waals surface area contributed by atoms with Gasteiger partial charge in [-0.2, -0.15) is 0 Å². The molecule has 5 nitrogen and oxygen atoms in total. The average molecular weight is 241 g/mol. The van der Waals surface area contributed by atoms with Gasteiger partial charge in [0, 0.05) is 42.8 Å². The van der Waals surface area contributed by atoms with E-state index in [1.165, 1.54) is 6.42 Å². The van der Waals surface area contributed by atoms with Crippen LogP contribution in [0.2, 0.25) is 0 Å². The summed E-state index contributed by atoms with van der Waals surface area (Å²) < 4.78 is 0. The molecular formula is C13H15N5. The third kappa shape index (κ3) is 1.88. The molecule has 18 heavy (non-hydrogen) atoms. The number of rotatable bonds is 2. The zero-order valence-corrected chi connectivity index (χ0v) is 10.3. The van der Waals surface area contributed by atoms with Crippen molar-refractivity contribution in [3.8, 4) is 11.1 Å². The fraction of sp³-hybridized carbons (Fsp3) is 0.308. The van der Waals surface area contributed by atoms with Crippen LogP contribution in [-0.2, 0) is 0 Å². The normalized spacial score (nSPS) is 14.4. The molecule has 0 aliphatic carbocycles. The smallest absolute Gasteiger partial charge is 0.225 e. The van der Waals surface area contributed by atoms with E-state index in [4.69, 9.17) is 5.73 Å². The van der Waals surface area contributed by atoms with Gasteiger partial charge < -0.3 is 10.6 Å². The van der Waals surface area contributed by atoms with Crippen molar-refractivity contribution in [3.63, 3.8) is 0 Å². The van der Waals surface area contributed by atoms with Crippen molar-refractivity contribution >= 4 is 11.6 Å². The van der Waals surface area contributed by atoms with E-state index in [0.717, 1.165) is 35.9 Å². The van der Waals surface area contributed by atoms with Crippen LogP contribution in [0.4, 0.5) is 11.6 Å². The van der Waals surface area contributed by atoms with Crippen LogP contribution in [0.25, 0.3) is 11.1 Å². The molecule has 0 aromatic carbocycles. The summed E-state index contributed by atoms with van der Waals surface area (Å²) in [7, 11) is 0. The van der Waals surface area contributed by atoms with Gasteiger partial charge in [-0.1, -0.05) is 0 Å². The van der Waals surface area contributed by atoms with Gasteiger partial charge in [0.15, 0.2) is 0 Å². The molecule has 2 aromatic heterocycles. The Morgan fingerprint density at radius 1 is 1.06 bits per heavy atom. The van der Waals surface area contributed by atoms with E-state index in [9.17, 15) is 0 Å². The van der Waals surface area contributed by atoms with Crippen molar-refractivity contribution in [3.05, 3.63) is 30.4 Å². The molecule has 3 rings (SSSR count). The van der Waals surface area contributed by atoms with Crippen molar-refractivity contribution in [2.24, 2.45) is 0 Å². The van der Waals surface area contributed by atoms with Crippen molar-refractivity contribution in [2.45, 2.75) is 13.3 Å². The van der Waals surface area contributed by atoms with Crippen LogP contribution in [0.5, 0.6) is 0 Å². The summed E-state index contributed by atoms with van der Waals surface area (Å²) in [5.41, 5.74) is 9.29. The highest BCUT2D eigenvalue weighted by atomic mass is 15.3. The lowest BCUT2D eigenvalue weighted by Crippen LogP contribution is -2.38. The van der Waals surface area contributed by atoms with Gasteiger partial charge in [-0.25, -0.2) is 9.97 Å². The lowest BCUT2D eigenvalue weighted by Gasteiger charge is -2.30. The molecule has 2 aromatic rings. The number of hydrogen-bond acceptors (Lipinski definition) is 5. The number of nitrogen functional groups attached to an aromatic ring is 1. The zero-order valence-electron chi connectivity index (χ0n) is 10.3. The van der Waals surface area contributed by atoms with Crippen LogP contribution in [-0.4, -0.2) is 28.0 Å². The highest BCUT2D eigenvalue weighted by Crippen LogP contribution is 2.22. The Bertz CT molecular complexity index is 560. The quantitative estimate of drug-likeness (QED) is 0.865. The van der Waals surface area contributed by atoms with Crippen LogP contribution in [0.15, 0.2) is 24.7 Å². The van der Waals surface area contributed by atoms with Gasteiger partial charge in [0.1, 0.15) is 0 Å². The van der Waals surface area contributed by atoms with Gasteiger partial charge in [-0.05, 0) is 19.4 Å². The molecule has 1 fully saturated rings. The molecule has 1 aliphatic rings. The van der Waals surface area contributed by atoms with E-state index in [0.29, 0.717) is 5.69 Å². The summed E-state index contributed by atoms with van der Waals surface area (Å²) >= 11 is 0. The van der Waals surface area contributed by atoms with Crippen molar-refractivity contribution in [1.82, 2.24) is 15.0 Å². The molecule has 0 saturated carbocycles. The Kier molecular flexibility index (Phi) is 2.59. The first-order chi connectivity index (χ1) is 8.74. The van der Waals surface area contributed by atoms with E-state index in [-0.39, 0.29) is 0 Å². The standard InChI is InChI=1S/C13H15N5/c1-9-12(14)5-10(6-15-9)11-7-16-13(17-8-11)18-3-2-4-18/h5-8H,2-4,14H2,1H3. The molecule has 1 aliphatic heterocycles. The third-order valence-electron chi connectivity index (χ3n) is 3.24. The first-order valence-electron chi connectivity index (χ1n) is 6.03. The Hall–Kier alpha value is -2.17. The van der Waals surface area contributed by atoms with Crippen LogP contribution in [0.3, 0.4) is 0 Å². The molecular weight excluding hydrogens is 226 g/mol. The van der Waals surface area contributed by atoms with E-state index in [1.54, 1.807) is 6.20 Å². The van der Waals surface area contributed by atoms with E-state index < -0.39 is 0 Å². The second kappa shape index (κ2) is 4.25. The predicted octanol–water partition coefficient (Wildman–Crippen LogP) is 1.64. The lowest BCUT2D eigenvalue weighted by molar-refractivity contribution is 0.600. The second-order valence-corrected chi connectivity index (χ2v) is 4.51. The summed E-state index contributed by atoms with van der Waals surface area (Å²) in [6.07, 6.45) is 6.68. The Balaban J connectivity index is 1.89. The number of anilines is 2. The molecule has 92 valence electrons. The Morgan fingerprint density at radius 2 is 1.72 bits per heavy atom. The number of nitrogens with zero attached hydrogens (tertiary/aromatic N) is 4. The minimum Gasteiger partial charge on any atom is -0.397 e. The molecule has 1 saturated heterocycles. The number of pyridine rings is 1. The van der Waals surface area contributed by atoms with Gasteiger partial charge in [-0.15, -0.1) is 0 Å². The molecule has 3 heterocycles. The van der Waals surface area contributed by atoms with Crippen LogP contribution in [0.1, 0.15) is 12.1 Å². The summed E-state index contributed by atoms with van der Waals surface area (Å²) in [5.74, 6) is 0.804. The van der Waals surface area contributed by atoms with Crippen molar-refractivity contribution < 1.29 is 0 Å². The number of aryl methyl sites for hydroxylation is 1. The minimum absolute atomic E-state index is 0.694. The maximum Gasteiger partial charge on any atom is 0.225 e. The van der Waals surface area contributed by atoms with E-state index in [2.05, 4.69) is 19.9 Å². The largest absolute Gasteiger partial charge is 0.397 e. The molecule has 0 spiro atoms. The van der Waals surface area contributed by atoms with Crippen molar-refractivity contribution in [2.75, 3.05) is 23.7 Å². The molecule has 0 amide bonds. The lowest BCUT2D eigenvalue weighted by atomic mass is 10.1.